The minimum absolute atomic E-state index is 0.521. The second-order valence-electron chi connectivity index (χ2n) is 6.35. The van der Waals surface area contributed by atoms with Crippen molar-refractivity contribution < 1.29 is 0 Å². The van der Waals surface area contributed by atoms with E-state index >= 15 is 0 Å². The average molecular weight is 278 g/mol. The molecule has 1 aliphatic heterocycles. The fourth-order valence-electron chi connectivity index (χ4n) is 2.94. The van der Waals surface area contributed by atoms with Crippen LogP contribution in [0.4, 0.5) is 0 Å². The number of likely N-dealkylation sites (tertiary alicyclic amines) is 1. The summed E-state index contributed by atoms with van der Waals surface area (Å²) in [6, 6.07) is 1.29. The Morgan fingerprint density at radius 1 is 1.35 bits per heavy atom. The lowest BCUT2D eigenvalue weighted by Crippen LogP contribution is -2.38. The Balaban J connectivity index is 1.75. The molecule has 0 aliphatic carbocycles. The van der Waals surface area contributed by atoms with E-state index in [2.05, 4.69) is 40.5 Å². The predicted octanol–water partition coefficient (Wildman–Crippen LogP) is 2.65. The van der Waals surface area contributed by atoms with Crippen LogP contribution >= 0.6 is 0 Å². The van der Waals surface area contributed by atoms with Crippen LogP contribution in [-0.4, -0.2) is 39.6 Å². The van der Waals surface area contributed by atoms with Crippen molar-refractivity contribution in [3.05, 3.63) is 18.2 Å². The number of piperidine rings is 1. The second-order valence-corrected chi connectivity index (χ2v) is 6.35. The van der Waals surface area contributed by atoms with Crippen LogP contribution in [0.3, 0.4) is 0 Å². The summed E-state index contributed by atoms with van der Waals surface area (Å²) < 4.78 is 2.30. The molecular formula is C16H30N4. The quantitative estimate of drug-likeness (QED) is 0.832. The third-order valence-corrected chi connectivity index (χ3v) is 4.27. The van der Waals surface area contributed by atoms with Gasteiger partial charge in [0.15, 0.2) is 0 Å². The molecule has 1 saturated heterocycles. The van der Waals surface area contributed by atoms with Crippen molar-refractivity contribution in [2.24, 2.45) is 0 Å². The lowest BCUT2D eigenvalue weighted by molar-refractivity contribution is 0.156. The molecule has 0 aromatic carbocycles. The minimum atomic E-state index is 0.521. The number of imidazole rings is 1. The van der Waals surface area contributed by atoms with Gasteiger partial charge in [0.2, 0.25) is 0 Å². The smallest absolute Gasteiger partial charge is 0.0948 e. The van der Waals surface area contributed by atoms with Crippen molar-refractivity contribution in [3.8, 4) is 0 Å². The van der Waals surface area contributed by atoms with E-state index in [1.54, 1.807) is 0 Å². The standard InChI is InChI=1S/C16H30N4/c1-14(2)18-12-16-11-17-13-20(16)10-6-9-19-8-5-4-7-15(19)3/h11,13-15,18H,4-10,12H2,1-3H3. The number of nitrogens with zero attached hydrogens (tertiary/aromatic N) is 3. The van der Waals surface area contributed by atoms with Crippen LogP contribution in [0.5, 0.6) is 0 Å². The van der Waals surface area contributed by atoms with E-state index in [4.69, 9.17) is 0 Å². The van der Waals surface area contributed by atoms with E-state index in [0.29, 0.717) is 6.04 Å². The first-order valence-corrected chi connectivity index (χ1v) is 8.13. The van der Waals surface area contributed by atoms with Crippen molar-refractivity contribution in [2.75, 3.05) is 13.1 Å². The monoisotopic (exact) mass is 278 g/mol. The number of hydrogen-bond acceptors (Lipinski definition) is 3. The van der Waals surface area contributed by atoms with E-state index in [1.165, 1.54) is 44.5 Å². The highest BCUT2D eigenvalue weighted by Gasteiger charge is 2.17. The molecule has 0 radical (unpaired) electrons. The van der Waals surface area contributed by atoms with Gasteiger partial charge in [0, 0.05) is 37.9 Å². The summed E-state index contributed by atoms with van der Waals surface area (Å²) in [7, 11) is 0. The zero-order valence-corrected chi connectivity index (χ0v) is 13.3. The molecule has 1 aromatic rings. The Hall–Kier alpha value is -0.870. The molecule has 4 nitrogen and oxygen atoms in total. The highest BCUT2D eigenvalue weighted by atomic mass is 15.2. The van der Waals surface area contributed by atoms with Gasteiger partial charge in [-0.1, -0.05) is 20.3 Å². The van der Waals surface area contributed by atoms with Crippen LogP contribution in [0, 0.1) is 0 Å². The summed E-state index contributed by atoms with van der Waals surface area (Å²) in [5.74, 6) is 0. The molecule has 1 atom stereocenters. The van der Waals surface area contributed by atoms with E-state index in [9.17, 15) is 0 Å². The third-order valence-electron chi connectivity index (χ3n) is 4.27. The van der Waals surface area contributed by atoms with Crippen molar-refractivity contribution >= 4 is 0 Å². The highest BCUT2D eigenvalue weighted by molar-refractivity contribution is 4.98. The van der Waals surface area contributed by atoms with Crippen molar-refractivity contribution in [3.63, 3.8) is 0 Å². The van der Waals surface area contributed by atoms with E-state index in [1.807, 2.05) is 12.5 Å². The van der Waals surface area contributed by atoms with Crippen LogP contribution < -0.4 is 5.32 Å². The lowest BCUT2D eigenvalue weighted by Gasteiger charge is -2.33. The molecule has 1 N–H and O–H groups in total. The fraction of sp³-hybridized carbons (Fsp3) is 0.812. The fourth-order valence-corrected chi connectivity index (χ4v) is 2.94. The van der Waals surface area contributed by atoms with Crippen LogP contribution in [0.15, 0.2) is 12.5 Å². The Morgan fingerprint density at radius 3 is 2.95 bits per heavy atom. The summed E-state index contributed by atoms with van der Waals surface area (Å²) in [6.45, 7) is 11.2. The van der Waals surface area contributed by atoms with Crippen LogP contribution in [-0.2, 0) is 13.1 Å². The highest BCUT2D eigenvalue weighted by Crippen LogP contribution is 2.16. The maximum atomic E-state index is 4.29. The Kier molecular flexibility index (Phi) is 6.05. The van der Waals surface area contributed by atoms with Crippen LogP contribution in [0.1, 0.15) is 52.1 Å². The van der Waals surface area contributed by atoms with Gasteiger partial charge in [-0.2, -0.15) is 0 Å². The molecule has 0 amide bonds. The van der Waals surface area contributed by atoms with Gasteiger partial charge in [0.05, 0.1) is 12.0 Å². The summed E-state index contributed by atoms with van der Waals surface area (Å²) in [4.78, 5) is 6.94. The Bertz CT molecular complexity index is 386. The van der Waals surface area contributed by atoms with Gasteiger partial charge in [-0.05, 0) is 32.7 Å². The largest absolute Gasteiger partial charge is 0.333 e. The molecule has 1 aliphatic rings. The minimum Gasteiger partial charge on any atom is -0.333 e. The molecular weight excluding hydrogens is 248 g/mol. The van der Waals surface area contributed by atoms with E-state index < -0.39 is 0 Å². The van der Waals surface area contributed by atoms with Gasteiger partial charge < -0.3 is 14.8 Å². The zero-order valence-electron chi connectivity index (χ0n) is 13.3. The van der Waals surface area contributed by atoms with Crippen molar-refractivity contribution in [2.45, 2.75) is 71.6 Å². The van der Waals surface area contributed by atoms with Gasteiger partial charge in [0.1, 0.15) is 0 Å². The molecule has 0 bridgehead atoms. The van der Waals surface area contributed by atoms with Gasteiger partial charge in [-0.25, -0.2) is 4.98 Å². The molecule has 2 heterocycles. The predicted molar refractivity (Wildman–Crippen MR) is 83.7 cm³/mol. The molecule has 0 spiro atoms. The summed E-state index contributed by atoms with van der Waals surface area (Å²) in [6.07, 6.45) is 9.32. The van der Waals surface area contributed by atoms with Crippen molar-refractivity contribution in [1.82, 2.24) is 19.8 Å². The molecule has 0 saturated carbocycles. The van der Waals surface area contributed by atoms with Gasteiger partial charge in [0.25, 0.3) is 0 Å². The molecule has 2 rings (SSSR count). The summed E-state index contributed by atoms with van der Waals surface area (Å²) in [5.41, 5.74) is 1.30. The number of hydrogen-bond donors (Lipinski definition) is 1. The Labute approximate surface area is 123 Å². The maximum Gasteiger partial charge on any atom is 0.0948 e. The maximum absolute atomic E-state index is 4.29. The SMILES string of the molecule is CC(C)NCc1cncn1CCCN1CCCCC1C. The number of aromatic nitrogens is 2. The topological polar surface area (TPSA) is 33.1 Å². The lowest BCUT2D eigenvalue weighted by atomic mass is 10.0. The zero-order chi connectivity index (χ0) is 14.4. The number of aryl methyl sites for hydroxylation is 1. The van der Waals surface area contributed by atoms with E-state index in [0.717, 1.165) is 19.1 Å². The molecule has 1 aromatic heterocycles. The first-order chi connectivity index (χ1) is 9.66. The van der Waals surface area contributed by atoms with Gasteiger partial charge >= 0.3 is 0 Å². The summed E-state index contributed by atoms with van der Waals surface area (Å²) in [5, 5.41) is 3.46. The first kappa shape index (κ1) is 15.5. The number of nitrogens with one attached hydrogen (secondary N) is 1. The average Bonchev–Trinajstić information content (AvgIpc) is 2.86. The van der Waals surface area contributed by atoms with E-state index in [-0.39, 0.29) is 0 Å². The molecule has 1 unspecified atom stereocenters. The number of rotatable bonds is 7. The Morgan fingerprint density at radius 2 is 2.20 bits per heavy atom. The molecule has 20 heavy (non-hydrogen) atoms. The molecule has 1 fully saturated rings. The van der Waals surface area contributed by atoms with Crippen molar-refractivity contribution in [1.29, 1.82) is 0 Å². The molecule has 114 valence electrons. The van der Waals surface area contributed by atoms with Crippen LogP contribution in [0.25, 0.3) is 0 Å². The van der Waals surface area contributed by atoms with Crippen LogP contribution in [0.2, 0.25) is 0 Å². The third kappa shape index (κ3) is 4.60. The summed E-state index contributed by atoms with van der Waals surface area (Å²) >= 11 is 0. The second kappa shape index (κ2) is 7.79. The first-order valence-electron chi connectivity index (χ1n) is 8.13. The van der Waals surface area contributed by atoms with Gasteiger partial charge in [-0.15, -0.1) is 0 Å². The molecule has 4 heteroatoms. The normalized spacial score (nSPS) is 20.7. The van der Waals surface area contributed by atoms with Gasteiger partial charge in [-0.3, -0.25) is 0 Å².